The molecule has 0 aliphatic heterocycles. The molecule has 1 aromatic heterocycles. The maximum absolute atomic E-state index is 14.8. The van der Waals surface area contributed by atoms with Crippen molar-refractivity contribution in [3.05, 3.63) is 84.7 Å². The Morgan fingerprint density at radius 3 is 2.35 bits per heavy atom. The zero-order valence-corrected chi connectivity index (χ0v) is 26.8. The summed E-state index contributed by atoms with van der Waals surface area (Å²) in [6, 6.07) is 16.5. The third kappa shape index (κ3) is 4.22. The van der Waals surface area contributed by atoms with Crippen molar-refractivity contribution in [1.29, 1.82) is 0 Å². The molecule has 0 radical (unpaired) electrons. The Kier molecular flexibility index (Phi) is 7.94. The summed E-state index contributed by atoms with van der Waals surface area (Å²) in [5.74, 6) is -2.27. The number of aromatic nitrogens is 2. The molecule has 4 fully saturated rings. The van der Waals surface area contributed by atoms with Crippen molar-refractivity contribution in [3.8, 4) is 11.5 Å². The first-order valence-corrected chi connectivity index (χ1v) is 15.9. The number of para-hydroxylation sites is 1. The molecule has 4 saturated carbocycles. The van der Waals surface area contributed by atoms with E-state index in [4.69, 9.17) is 9.47 Å². The number of benzene rings is 2. The first-order valence-electron chi connectivity index (χ1n) is 15.9. The van der Waals surface area contributed by atoms with Crippen molar-refractivity contribution < 1.29 is 29.0 Å². The Bertz CT molecular complexity index is 1620. The molecule has 7 rings (SSSR count). The van der Waals surface area contributed by atoms with E-state index in [2.05, 4.69) is 22.1 Å². The summed E-state index contributed by atoms with van der Waals surface area (Å²) in [7, 11) is 3.18. The first-order chi connectivity index (χ1) is 22.1. The van der Waals surface area contributed by atoms with Gasteiger partial charge in [0.05, 0.1) is 31.1 Å². The van der Waals surface area contributed by atoms with Crippen LogP contribution in [0.4, 0.5) is 5.69 Å². The number of hydrogen-bond donors (Lipinski definition) is 3. The predicted molar refractivity (Wildman–Crippen MR) is 173 cm³/mol. The van der Waals surface area contributed by atoms with Gasteiger partial charge in [-0.25, -0.2) is 0 Å². The maximum atomic E-state index is 14.8. The number of rotatable bonds is 11. The number of carboxylic acid groups (broad SMARTS) is 1. The highest BCUT2D eigenvalue weighted by Crippen LogP contribution is 2.75. The van der Waals surface area contributed by atoms with Gasteiger partial charge in [0.2, 0.25) is 5.91 Å². The lowest BCUT2D eigenvalue weighted by Crippen LogP contribution is -2.81. The minimum Gasteiger partial charge on any atom is -0.496 e. The second-order valence-electron chi connectivity index (χ2n) is 13.3. The van der Waals surface area contributed by atoms with Gasteiger partial charge in [0.1, 0.15) is 17.2 Å². The summed E-state index contributed by atoms with van der Waals surface area (Å²) in [6.45, 7) is 7.86. The molecule has 0 saturated heterocycles. The van der Waals surface area contributed by atoms with Crippen LogP contribution in [0, 0.1) is 29.1 Å². The molecule has 2 aromatic carbocycles. The number of carboxylic acids is 1. The van der Waals surface area contributed by atoms with E-state index in [1.54, 1.807) is 31.3 Å². The van der Waals surface area contributed by atoms with E-state index in [0.29, 0.717) is 36.4 Å². The van der Waals surface area contributed by atoms with Crippen LogP contribution in [0.15, 0.2) is 73.4 Å². The van der Waals surface area contributed by atoms with E-state index in [1.807, 2.05) is 62.4 Å². The van der Waals surface area contributed by atoms with Gasteiger partial charge in [0.25, 0.3) is 5.91 Å². The van der Waals surface area contributed by atoms with Gasteiger partial charge in [-0.3, -0.25) is 24.4 Å². The van der Waals surface area contributed by atoms with E-state index in [-0.39, 0.29) is 36.4 Å². The van der Waals surface area contributed by atoms with Crippen molar-refractivity contribution >= 4 is 23.5 Å². The number of H-pyrrole nitrogens is 1. The standard InChI is InChI=1S/C36H42N4O6/c1-6-16-37-31(41)29-25-18-23-19-34(29,30-27(45-4)13-10-14-28(30)46-5)21-35(20-23,36(25,22(2)3)33(43)44)40(24-11-8-7-9-12-24)32(42)26-15-17-38-39-26/h6-15,17,22-23,25,29H,1,16,18-21H2,2-5H3,(H,37,41)(H,38,39)(H,43,44). The van der Waals surface area contributed by atoms with Crippen LogP contribution in [0.2, 0.25) is 0 Å². The van der Waals surface area contributed by atoms with Crippen molar-refractivity contribution in [1.82, 2.24) is 15.5 Å². The highest BCUT2D eigenvalue weighted by Gasteiger charge is 2.80. The Hall–Kier alpha value is -4.60. The zero-order chi connectivity index (χ0) is 32.9. The minimum absolute atomic E-state index is 0.0174. The number of carbonyl (C=O) groups is 3. The van der Waals surface area contributed by atoms with Crippen LogP contribution >= 0.6 is 0 Å². The van der Waals surface area contributed by atoms with Crippen molar-refractivity contribution in [2.75, 3.05) is 25.7 Å². The number of amides is 2. The van der Waals surface area contributed by atoms with Gasteiger partial charge in [-0.15, -0.1) is 6.58 Å². The molecular formula is C36H42N4O6. The fourth-order valence-corrected chi connectivity index (χ4v) is 10.1. The van der Waals surface area contributed by atoms with E-state index in [9.17, 15) is 19.5 Å². The summed E-state index contributed by atoms with van der Waals surface area (Å²) in [6.07, 6.45) is 4.96. The van der Waals surface area contributed by atoms with E-state index < -0.39 is 40.1 Å². The SMILES string of the molecule is C=CCNC(=O)C1C2CC3CC1(c1c(OC)cccc1OC)CC(N(C(=O)c1ccn[nH]1)c1ccccc1)(C3)C2(C(=O)O)C(C)C. The molecule has 0 spiro atoms. The van der Waals surface area contributed by atoms with Gasteiger partial charge >= 0.3 is 5.97 Å². The van der Waals surface area contributed by atoms with E-state index >= 15 is 0 Å². The normalized spacial score (nSPS) is 29.3. The topological polar surface area (TPSA) is 134 Å². The lowest BCUT2D eigenvalue weighted by Gasteiger charge is -2.74. The highest BCUT2D eigenvalue weighted by molar-refractivity contribution is 6.07. The van der Waals surface area contributed by atoms with E-state index in [1.165, 1.54) is 6.20 Å². The molecule has 3 N–H and O–H groups in total. The molecule has 10 nitrogen and oxygen atoms in total. The quantitative estimate of drug-likeness (QED) is 0.248. The van der Waals surface area contributed by atoms with Crippen molar-refractivity contribution in [2.45, 2.75) is 50.5 Å². The average molecular weight is 627 g/mol. The molecule has 1 heterocycles. The lowest BCUT2D eigenvalue weighted by atomic mass is 9.31. The van der Waals surface area contributed by atoms with Crippen LogP contribution in [0.5, 0.6) is 11.5 Å². The number of ether oxygens (including phenoxy) is 2. The number of hydrogen-bond acceptors (Lipinski definition) is 6. The number of aromatic amines is 1. The predicted octanol–water partition coefficient (Wildman–Crippen LogP) is 5.23. The van der Waals surface area contributed by atoms with Gasteiger partial charge in [-0.2, -0.15) is 5.10 Å². The van der Waals surface area contributed by atoms with Gasteiger partial charge in [0.15, 0.2) is 0 Å². The number of nitrogens with one attached hydrogen (secondary N) is 2. The van der Waals surface area contributed by atoms with Crippen LogP contribution in [0.1, 0.15) is 55.6 Å². The van der Waals surface area contributed by atoms with Crippen LogP contribution in [0.3, 0.4) is 0 Å². The van der Waals surface area contributed by atoms with Crippen molar-refractivity contribution in [2.24, 2.45) is 29.1 Å². The molecule has 4 aliphatic rings. The summed E-state index contributed by atoms with van der Waals surface area (Å²) in [5, 5.41) is 21.5. The number of aliphatic carboxylic acids is 1. The summed E-state index contributed by atoms with van der Waals surface area (Å²) in [5.41, 5.74) is -2.09. The van der Waals surface area contributed by atoms with E-state index in [0.717, 1.165) is 5.56 Å². The second kappa shape index (κ2) is 11.6. The molecule has 242 valence electrons. The molecule has 10 heteroatoms. The first kappa shape index (κ1) is 31.4. The minimum atomic E-state index is -1.50. The fraction of sp³-hybridized carbons (Fsp3) is 0.444. The van der Waals surface area contributed by atoms with Crippen LogP contribution in [-0.4, -0.2) is 59.4 Å². The van der Waals surface area contributed by atoms with Gasteiger partial charge in [0, 0.05) is 29.4 Å². The summed E-state index contributed by atoms with van der Waals surface area (Å²) in [4.78, 5) is 45.3. The Morgan fingerprint density at radius 2 is 1.78 bits per heavy atom. The molecule has 6 unspecified atom stereocenters. The Balaban J connectivity index is 1.73. The molecule has 2 amide bonds. The number of nitrogens with zero attached hydrogens (tertiary/aromatic N) is 2. The van der Waals surface area contributed by atoms with Crippen LogP contribution < -0.4 is 19.7 Å². The molecule has 4 bridgehead atoms. The number of carbonyl (C=O) groups excluding carboxylic acids is 2. The van der Waals surface area contributed by atoms with Crippen molar-refractivity contribution in [3.63, 3.8) is 0 Å². The third-order valence-corrected chi connectivity index (χ3v) is 11.1. The van der Waals surface area contributed by atoms with Gasteiger partial charge < -0.3 is 19.9 Å². The summed E-state index contributed by atoms with van der Waals surface area (Å²) < 4.78 is 12.0. The van der Waals surface area contributed by atoms with Gasteiger partial charge in [-0.05, 0) is 73.8 Å². The monoisotopic (exact) mass is 626 g/mol. The Labute approximate surface area is 269 Å². The third-order valence-electron chi connectivity index (χ3n) is 11.1. The molecule has 46 heavy (non-hydrogen) atoms. The fourth-order valence-electron chi connectivity index (χ4n) is 10.1. The van der Waals surface area contributed by atoms with Crippen LogP contribution in [0.25, 0.3) is 0 Å². The second-order valence-corrected chi connectivity index (χ2v) is 13.3. The summed E-state index contributed by atoms with van der Waals surface area (Å²) >= 11 is 0. The molecular weight excluding hydrogens is 584 g/mol. The average Bonchev–Trinajstić information content (AvgIpc) is 3.58. The molecule has 4 aliphatic carbocycles. The zero-order valence-electron chi connectivity index (χ0n) is 26.8. The smallest absolute Gasteiger partial charge is 0.312 e. The molecule has 3 aromatic rings. The lowest BCUT2D eigenvalue weighted by molar-refractivity contribution is -0.213. The Morgan fingerprint density at radius 1 is 1.09 bits per heavy atom. The number of anilines is 1. The highest BCUT2D eigenvalue weighted by atomic mass is 16.5. The molecule has 6 atom stereocenters. The van der Waals surface area contributed by atoms with Crippen LogP contribution in [-0.2, 0) is 15.0 Å². The van der Waals surface area contributed by atoms with Gasteiger partial charge in [-0.1, -0.05) is 44.2 Å². The largest absolute Gasteiger partial charge is 0.496 e. The number of methoxy groups -OCH3 is 2. The maximum Gasteiger partial charge on any atom is 0.312 e.